The standard InChI is InChI=1S/C21H46O3Si.C11H18O3Si.C9H21ClO3Si.C8H17.C6H16OSi/c1-5-6-7-8-9-10-11-12-13-14-15-16-17-18-19-20-21-25(22-2,23-3)24-4;1-12-15(13-2,14-3)10-9-11-7-5-4-6-8-11;1-4-11-14(12-5-2,13-6-3)9-7-8-10;1-3-5-7-8-6-4-2;1-2-3-4-5-6-8-7/h5-21H2,1-4H3;4-8H,9-10H2,1-3H3;4-9H2,1-3H3;1,3-8H2,2H3;7H,2-6,8H2,1H3. The molecule has 10 nitrogen and oxygen atoms in total. The van der Waals surface area contributed by atoms with E-state index in [2.05, 4.69) is 39.8 Å². The summed E-state index contributed by atoms with van der Waals surface area (Å²) in [6.07, 6.45) is 37.3. The maximum atomic E-state index is 8.50. The lowest BCUT2D eigenvalue weighted by molar-refractivity contribution is 0.0712. The molecule has 70 heavy (non-hydrogen) atoms. The van der Waals surface area contributed by atoms with Crippen molar-refractivity contribution in [3.8, 4) is 0 Å². The summed E-state index contributed by atoms with van der Waals surface area (Å²) >= 11 is 5.66. The van der Waals surface area contributed by atoms with Gasteiger partial charge in [0.05, 0.1) is 0 Å². The van der Waals surface area contributed by atoms with Crippen LogP contribution in [-0.2, 0) is 46.3 Å². The van der Waals surface area contributed by atoms with Gasteiger partial charge in [0.1, 0.15) is 0 Å². The minimum atomic E-state index is -2.40. The van der Waals surface area contributed by atoms with Crippen LogP contribution in [0.3, 0.4) is 0 Å². The topological polar surface area (TPSA) is 103 Å². The summed E-state index contributed by atoms with van der Waals surface area (Å²) < 4.78 is 49.4. The molecule has 0 saturated carbocycles. The number of halogens is 1. The Morgan fingerprint density at radius 3 is 1.09 bits per heavy atom. The lowest BCUT2D eigenvalue weighted by Gasteiger charge is -2.28. The van der Waals surface area contributed by atoms with Crippen LogP contribution in [0, 0.1) is 6.92 Å². The number of aryl methyl sites for hydroxylation is 1. The molecular weight excluding hydrogens is 968 g/mol. The Morgan fingerprint density at radius 1 is 0.429 bits per heavy atom. The molecule has 1 rings (SSSR count). The highest BCUT2D eigenvalue weighted by Crippen LogP contribution is 2.21. The molecule has 1 aromatic rings. The second-order valence-corrected chi connectivity index (χ2v) is 28.3. The fourth-order valence-corrected chi connectivity index (χ4v) is 14.8. The van der Waals surface area contributed by atoms with Crippen LogP contribution in [0.15, 0.2) is 30.3 Å². The van der Waals surface area contributed by atoms with Crippen LogP contribution in [0.4, 0.5) is 0 Å². The molecule has 0 atom stereocenters. The molecule has 1 N–H and O–H groups in total. The molecule has 0 aliphatic heterocycles. The molecule has 15 heteroatoms. The largest absolute Gasteiger partial charge is 0.500 e. The molecule has 0 saturated heterocycles. The van der Waals surface area contributed by atoms with E-state index in [1.807, 2.05) is 39.0 Å². The average Bonchev–Trinajstić information content (AvgIpc) is 3.39. The molecule has 0 heterocycles. The van der Waals surface area contributed by atoms with Crippen molar-refractivity contribution in [2.24, 2.45) is 0 Å². The van der Waals surface area contributed by atoms with Gasteiger partial charge in [-0.25, -0.2) is 0 Å². The van der Waals surface area contributed by atoms with Crippen molar-refractivity contribution in [1.82, 2.24) is 0 Å². The number of rotatable bonds is 45. The Balaban J connectivity index is -0.000000417. The second-order valence-electron chi connectivity index (χ2n) is 17.8. The van der Waals surface area contributed by atoms with Crippen molar-refractivity contribution in [3.63, 3.8) is 0 Å². The van der Waals surface area contributed by atoms with Crippen LogP contribution in [0.1, 0.15) is 220 Å². The molecule has 1 aromatic carbocycles. The third kappa shape index (κ3) is 50.2. The van der Waals surface area contributed by atoms with Gasteiger partial charge in [-0.1, -0.05) is 219 Å². The van der Waals surface area contributed by atoms with E-state index in [-0.39, 0.29) is 0 Å². The summed E-state index contributed by atoms with van der Waals surface area (Å²) in [6, 6.07) is 14.0. The van der Waals surface area contributed by atoms with E-state index in [9.17, 15) is 0 Å². The van der Waals surface area contributed by atoms with Gasteiger partial charge in [-0.3, -0.25) is 0 Å². The van der Waals surface area contributed by atoms with Crippen LogP contribution in [0.2, 0.25) is 24.2 Å². The predicted octanol–water partition coefficient (Wildman–Crippen LogP) is 16.1. The maximum absolute atomic E-state index is 8.50. The fraction of sp³-hybridized carbons (Fsp3) is 0.873. The van der Waals surface area contributed by atoms with Crippen molar-refractivity contribution >= 4 is 47.8 Å². The first kappa shape index (κ1) is 76.5. The SMILES string of the molecule is CCCCCCCCCCCCCCCCCC[Si](OC)(OC)OC.CCCCCC[SiH2]O.CCO[Si](CCCCl)(OCC)OCC.CO[Si](CCc1ccccc1)(OC)OC.[CH2]CCCCCCC. The van der Waals surface area contributed by atoms with Crippen molar-refractivity contribution in [1.29, 1.82) is 0 Å². The Kier molecular flexibility index (Phi) is 67.2. The van der Waals surface area contributed by atoms with Gasteiger partial charge in [-0.2, -0.15) is 0 Å². The molecule has 0 aliphatic carbocycles. The van der Waals surface area contributed by atoms with Gasteiger partial charge < -0.3 is 44.6 Å². The first-order chi connectivity index (χ1) is 34.1. The first-order valence-electron chi connectivity index (χ1n) is 28.3. The van der Waals surface area contributed by atoms with Crippen LogP contribution in [0.25, 0.3) is 0 Å². The van der Waals surface area contributed by atoms with Gasteiger partial charge in [0.25, 0.3) is 0 Å². The smallest absolute Gasteiger partial charge is 0.438 e. The molecule has 0 aromatic heterocycles. The summed E-state index contributed by atoms with van der Waals surface area (Å²) in [5.74, 6) is 0.627. The van der Waals surface area contributed by atoms with Crippen molar-refractivity contribution in [2.75, 3.05) is 68.4 Å². The third-order valence-corrected chi connectivity index (χ3v) is 21.9. The molecule has 0 fully saturated rings. The Labute approximate surface area is 446 Å². The van der Waals surface area contributed by atoms with E-state index >= 15 is 0 Å². The highest BCUT2D eigenvalue weighted by molar-refractivity contribution is 6.61. The molecule has 0 aliphatic rings. The van der Waals surface area contributed by atoms with E-state index < -0.39 is 36.2 Å². The number of alkyl halides is 1. The molecule has 0 spiro atoms. The summed E-state index contributed by atoms with van der Waals surface area (Å²) in [4.78, 5) is 8.50. The van der Waals surface area contributed by atoms with Crippen LogP contribution < -0.4 is 0 Å². The second kappa shape index (κ2) is 61.5. The minimum Gasteiger partial charge on any atom is -0.438 e. The lowest BCUT2D eigenvalue weighted by Crippen LogP contribution is -2.46. The molecule has 0 amide bonds. The first-order valence-corrected chi connectivity index (χ1v) is 36.3. The minimum absolute atomic E-state index is 0.614. The van der Waals surface area contributed by atoms with E-state index in [0.717, 1.165) is 49.9 Å². The van der Waals surface area contributed by atoms with E-state index in [0.29, 0.717) is 25.7 Å². The number of hydrogen-bond donors (Lipinski definition) is 1. The van der Waals surface area contributed by atoms with E-state index in [4.69, 9.17) is 56.2 Å². The maximum Gasteiger partial charge on any atom is 0.500 e. The fourth-order valence-electron chi connectivity index (χ4n) is 7.72. The Hall–Kier alpha value is -0.0225. The van der Waals surface area contributed by atoms with Gasteiger partial charge in [0.2, 0.25) is 0 Å². The molecule has 421 valence electrons. The highest BCUT2D eigenvalue weighted by atomic mass is 35.5. The molecule has 1 radical (unpaired) electrons. The highest BCUT2D eigenvalue weighted by Gasteiger charge is 2.40. The number of benzene rings is 1. The quantitative estimate of drug-likeness (QED) is 0.0386. The van der Waals surface area contributed by atoms with Crippen LogP contribution >= 0.6 is 11.6 Å². The van der Waals surface area contributed by atoms with Crippen LogP contribution in [0.5, 0.6) is 0 Å². The summed E-state index contributed by atoms with van der Waals surface area (Å²) in [5.41, 5.74) is 1.28. The summed E-state index contributed by atoms with van der Waals surface area (Å²) in [5, 5.41) is 0. The number of hydrogen-bond acceptors (Lipinski definition) is 10. The zero-order valence-electron chi connectivity index (χ0n) is 48.3. The Morgan fingerprint density at radius 2 is 0.757 bits per heavy atom. The van der Waals surface area contributed by atoms with E-state index in [1.54, 1.807) is 42.7 Å². The summed E-state index contributed by atoms with van der Waals surface area (Å²) in [7, 11) is 2.29. The summed E-state index contributed by atoms with van der Waals surface area (Å²) in [6.45, 7) is 18.3. The average molecular weight is 1090 g/mol. The van der Waals surface area contributed by atoms with Crippen molar-refractivity contribution in [2.45, 2.75) is 246 Å². The normalized spacial score (nSPS) is 11.6. The monoisotopic (exact) mass is 1090 g/mol. The molecule has 0 bridgehead atoms. The van der Waals surface area contributed by atoms with E-state index in [1.165, 1.54) is 160 Å². The Bertz CT molecular complexity index is 1020. The lowest BCUT2D eigenvalue weighted by atomic mass is 10.0. The van der Waals surface area contributed by atoms with Gasteiger partial charge in [-0.05, 0) is 51.6 Å². The molecular formula is C55H118ClO10Si4. The zero-order valence-corrected chi connectivity index (χ0v) is 53.4. The number of unbranched alkanes of at least 4 members (excludes halogenated alkanes) is 23. The van der Waals surface area contributed by atoms with Gasteiger partial charge >= 0.3 is 26.4 Å². The van der Waals surface area contributed by atoms with Gasteiger partial charge in [0.15, 0.2) is 9.76 Å². The molecule has 0 unspecified atom stereocenters. The third-order valence-electron chi connectivity index (χ3n) is 12.1. The van der Waals surface area contributed by atoms with Crippen molar-refractivity contribution in [3.05, 3.63) is 42.8 Å². The zero-order chi connectivity index (χ0) is 53.1. The van der Waals surface area contributed by atoms with Crippen molar-refractivity contribution < 1.29 is 44.6 Å². The predicted molar refractivity (Wildman–Crippen MR) is 312 cm³/mol. The van der Waals surface area contributed by atoms with Crippen LogP contribution in [-0.4, -0.2) is 109 Å². The van der Waals surface area contributed by atoms with Gasteiger partial charge in [-0.15, -0.1) is 11.6 Å². The van der Waals surface area contributed by atoms with Gasteiger partial charge in [0, 0.05) is 86.5 Å².